The first kappa shape index (κ1) is 18.3. The third-order valence-electron chi connectivity index (χ3n) is 5.52. The zero-order valence-corrected chi connectivity index (χ0v) is 15.1. The molecule has 1 aliphatic carbocycles. The summed E-state index contributed by atoms with van der Waals surface area (Å²) in [5.74, 6) is 0.190. The highest BCUT2D eigenvalue weighted by molar-refractivity contribution is 5.86. The van der Waals surface area contributed by atoms with E-state index >= 15 is 0 Å². The normalized spacial score (nSPS) is 24.1. The van der Waals surface area contributed by atoms with Gasteiger partial charge in [0.2, 0.25) is 5.88 Å². The van der Waals surface area contributed by atoms with Gasteiger partial charge < -0.3 is 14.7 Å². The summed E-state index contributed by atoms with van der Waals surface area (Å²) in [6.45, 7) is 2.84. The number of benzene rings is 1. The van der Waals surface area contributed by atoms with Gasteiger partial charge in [-0.05, 0) is 37.5 Å². The number of nitrogens with zero attached hydrogens (tertiary/aromatic N) is 4. The third-order valence-corrected chi connectivity index (χ3v) is 5.52. The van der Waals surface area contributed by atoms with Crippen molar-refractivity contribution in [3.8, 4) is 5.88 Å². The molecule has 8 heteroatoms. The minimum absolute atomic E-state index is 0.190. The van der Waals surface area contributed by atoms with Crippen LogP contribution in [0.1, 0.15) is 19.3 Å². The fraction of sp³-hybridized carbons (Fsp3) is 0.579. The zero-order chi connectivity index (χ0) is 18.8. The Labute approximate surface area is 156 Å². The van der Waals surface area contributed by atoms with Gasteiger partial charge in [-0.3, -0.25) is 4.90 Å². The maximum absolute atomic E-state index is 12.5. The highest BCUT2D eigenvalue weighted by Gasteiger charge is 2.32. The van der Waals surface area contributed by atoms with E-state index in [0.717, 1.165) is 51.1 Å². The van der Waals surface area contributed by atoms with Crippen LogP contribution in [-0.4, -0.2) is 71.3 Å². The van der Waals surface area contributed by atoms with Crippen molar-refractivity contribution in [2.24, 2.45) is 0 Å². The molecule has 1 aromatic heterocycles. The molecule has 2 aliphatic rings. The number of hydrogen-bond donors (Lipinski definition) is 1. The molecule has 2 heterocycles. The molecule has 2 atom stereocenters. The van der Waals surface area contributed by atoms with Crippen molar-refractivity contribution in [3.63, 3.8) is 0 Å². The van der Waals surface area contributed by atoms with Crippen LogP contribution in [0.5, 0.6) is 5.88 Å². The summed E-state index contributed by atoms with van der Waals surface area (Å²) in [5, 5.41) is 10.8. The summed E-state index contributed by atoms with van der Waals surface area (Å²) in [7, 11) is 0. The summed E-state index contributed by atoms with van der Waals surface area (Å²) in [4.78, 5) is 12.9. The van der Waals surface area contributed by atoms with Crippen molar-refractivity contribution in [2.75, 3.05) is 37.7 Å². The Bertz CT molecular complexity index is 783. The van der Waals surface area contributed by atoms with E-state index < -0.39 is 13.0 Å². The number of piperazine rings is 1. The lowest BCUT2D eigenvalue weighted by Crippen LogP contribution is -2.52. The lowest BCUT2D eigenvalue weighted by atomic mass is 10.1. The van der Waals surface area contributed by atoms with Crippen LogP contribution in [0.25, 0.3) is 10.9 Å². The van der Waals surface area contributed by atoms with Crippen molar-refractivity contribution in [1.29, 1.82) is 0 Å². The van der Waals surface area contributed by atoms with Crippen molar-refractivity contribution in [3.05, 3.63) is 24.5 Å². The number of fused-ring (bicyclic) bond motifs is 1. The first-order valence-electron chi connectivity index (χ1n) is 9.44. The predicted molar refractivity (Wildman–Crippen MR) is 98.5 cm³/mol. The molecule has 146 valence electrons. The van der Waals surface area contributed by atoms with Gasteiger partial charge in [-0.2, -0.15) is 0 Å². The molecule has 1 N–H and O–H groups in total. The molecule has 27 heavy (non-hydrogen) atoms. The predicted octanol–water partition coefficient (Wildman–Crippen LogP) is 2.31. The Hall–Kier alpha value is -2.06. The van der Waals surface area contributed by atoms with Crippen LogP contribution in [0, 0.1) is 0 Å². The Morgan fingerprint density at radius 2 is 1.96 bits per heavy atom. The van der Waals surface area contributed by atoms with Gasteiger partial charge in [0.05, 0.1) is 17.0 Å². The number of aromatic nitrogens is 2. The summed E-state index contributed by atoms with van der Waals surface area (Å²) in [6, 6.07) is 6.06. The lowest BCUT2D eigenvalue weighted by molar-refractivity contribution is 0.0671. The van der Waals surface area contributed by atoms with Gasteiger partial charge in [0.1, 0.15) is 6.33 Å². The number of ether oxygens (including phenoxy) is 1. The molecule has 1 saturated carbocycles. The third kappa shape index (κ3) is 3.96. The van der Waals surface area contributed by atoms with E-state index in [-0.39, 0.29) is 18.0 Å². The monoisotopic (exact) mass is 378 g/mol. The maximum atomic E-state index is 12.5. The van der Waals surface area contributed by atoms with Crippen molar-refractivity contribution < 1.29 is 18.6 Å². The number of rotatable bonds is 5. The van der Waals surface area contributed by atoms with Crippen LogP contribution in [0.3, 0.4) is 0 Å². The molecule has 1 saturated heterocycles. The summed E-state index contributed by atoms with van der Waals surface area (Å²) in [5.41, 5.74) is 1.68. The molecular formula is C19H24F2N4O2. The standard InChI is InChI=1S/C19H24F2N4O2/c20-18(21)11-27-19-14-10-13(4-5-15(14)22-12-23-19)24-6-8-25(9-7-24)16-2-1-3-17(16)26/h4-5,10,12,16-18,26H,1-3,6-9,11H2. The Kier molecular flexibility index (Phi) is 5.36. The Morgan fingerprint density at radius 3 is 2.67 bits per heavy atom. The second-order valence-corrected chi connectivity index (χ2v) is 7.17. The maximum Gasteiger partial charge on any atom is 0.272 e. The van der Waals surface area contributed by atoms with E-state index in [4.69, 9.17) is 4.74 Å². The number of aliphatic hydroxyl groups is 1. The van der Waals surface area contributed by atoms with Crippen molar-refractivity contribution in [2.45, 2.75) is 37.8 Å². The molecule has 0 amide bonds. The number of halogens is 2. The van der Waals surface area contributed by atoms with E-state index in [1.165, 1.54) is 6.33 Å². The molecule has 0 bridgehead atoms. The quantitative estimate of drug-likeness (QED) is 0.862. The van der Waals surface area contributed by atoms with E-state index in [1.54, 1.807) is 0 Å². The van der Waals surface area contributed by atoms with E-state index in [9.17, 15) is 13.9 Å². The molecule has 1 aromatic carbocycles. The van der Waals surface area contributed by atoms with Crippen LogP contribution in [0.15, 0.2) is 24.5 Å². The first-order valence-corrected chi connectivity index (χ1v) is 9.44. The van der Waals surface area contributed by atoms with Crippen LogP contribution >= 0.6 is 0 Å². The van der Waals surface area contributed by atoms with Gasteiger partial charge in [-0.25, -0.2) is 18.7 Å². The van der Waals surface area contributed by atoms with Crippen LogP contribution in [0.2, 0.25) is 0 Å². The lowest BCUT2D eigenvalue weighted by Gasteiger charge is -2.40. The second-order valence-electron chi connectivity index (χ2n) is 7.17. The highest BCUT2D eigenvalue weighted by Crippen LogP contribution is 2.29. The largest absolute Gasteiger partial charge is 0.471 e. The summed E-state index contributed by atoms with van der Waals surface area (Å²) in [6.07, 6.45) is 1.64. The van der Waals surface area contributed by atoms with Gasteiger partial charge in [0.25, 0.3) is 6.43 Å². The van der Waals surface area contributed by atoms with E-state index in [0.29, 0.717) is 10.9 Å². The Balaban J connectivity index is 1.48. The SMILES string of the molecule is OC1CCCC1N1CCN(c2ccc3ncnc(OCC(F)F)c3c2)CC1. The van der Waals surface area contributed by atoms with E-state index in [2.05, 4.69) is 19.8 Å². The van der Waals surface area contributed by atoms with Gasteiger partial charge in [-0.15, -0.1) is 0 Å². The van der Waals surface area contributed by atoms with Gasteiger partial charge in [0.15, 0.2) is 6.61 Å². The molecule has 0 radical (unpaired) electrons. The number of alkyl halides is 2. The Morgan fingerprint density at radius 1 is 1.15 bits per heavy atom. The summed E-state index contributed by atoms with van der Waals surface area (Å²) < 4.78 is 30.1. The fourth-order valence-electron chi connectivity index (χ4n) is 4.13. The molecule has 4 rings (SSSR count). The molecule has 6 nitrogen and oxygen atoms in total. The summed E-state index contributed by atoms with van der Waals surface area (Å²) >= 11 is 0. The van der Waals surface area contributed by atoms with Crippen LogP contribution in [-0.2, 0) is 0 Å². The molecule has 2 unspecified atom stereocenters. The number of hydrogen-bond acceptors (Lipinski definition) is 6. The van der Waals surface area contributed by atoms with Gasteiger partial charge >= 0.3 is 0 Å². The fourth-order valence-corrected chi connectivity index (χ4v) is 4.13. The van der Waals surface area contributed by atoms with E-state index in [1.807, 2.05) is 18.2 Å². The highest BCUT2D eigenvalue weighted by atomic mass is 19.3. The zero-order valence-electron chi connectivity index (χ0n) is 15.1. The van der Waals surface area contributed by atoms with Crippen LogP contribution in [0.4, 0.5) is 14.5 Å². The second kappa shape index (κ2) is 7.90. The minimum atomic E-state index is -2.54. The molecule has 2 fully saturated rings. The van der Waals surface area contributed by atoms with Crippen LogP contribution < -0.4 is 9.64 Å². The molecule has 2 aromatic rings. The van der Waals surface area contributed by atoms with Crippen molar-refractivity contribution in [1.82, 2.24) is 14.9 Å². The molecular weight excluding hydrogens is 354 g/mol. The first-order chi connectivity index (χ1) is 13.1. The smallest absolute Gasteiger partial charge is 0.272 e. The molecule has 0 spiro atoms. The van der Waals surface area contributed by atoms with Crippen molar-refractivity contribution >= 4 is 16.6 Å². The molecule has 1 aliphatic heterocycles. The van der Waals surface area contributed by atoms with Gasteiger partial charge in [-0.1, -0.05) is 0 Å². The average molecular weight is 378 g/mol. The number of aliphatic hydroxyl groups excluding tert-OH is 1. The van der Waals surface area contributed by atoms with Gasteiger partial charge in [0, 0.05) is 37.9 Å². The number of anilines is 1. The average Bonchev–Trinajstić information content (AvgIpc) is 3.12. The topological polar surface area (TPSA) is 61.7 Å². The minimum Gasteiger partial charge on any atom is -0.471 e.